The van der Waals surface area contributed by atoms with Crippen LogP contribution in [0.15, 0.2) is 30.3 Å². The van der Waals surface area contributed by atoms with E-state index in [4.69, 9.17) is 14.2 Å². The number of ether oxygens (including phenoxy) is 3. The Morgan fingerprint density at radius 2 is 2.00 bits per heavy atom. The van der Waals surface area contributed by atoms with Crippen molar-refractivity contribution in [3.05, 3.63) is 35.9 Å². The first-order valence-corrected chi connectivity index (χ1v) is 10.3. The van der Waals surface area contributed by atoms with Gasteiger partial charge in [0.2, 0.25) is 0 Å². The summed E-state index contributed by atoms with van der Waals surface area (Å²) in [6.45, 7) is 3.56. The maximum atomic E-state index is 10.2. The summed E-state index contributed by atoms with van der Waals surface area (Å²) in [6.07, 6.45) is 4.77. The predicted octanol–water partition coefficient (Wildman–Crippen LogP) is 3.83. The molecule has 0 aliphatic carbocycles. The van der Waals surface area contributed by atoms with Gasteiger partial charge in [0.15, 0.2) is 0 Å². The van der Waals surface area contributed by atoms with Crippen molar-refractivity contribution in [3.63, 3.8) is 0 Å². The van der Waals surface area contributed by atoms with E-state index in [1.165, 1.54) is 5.56 Å². The number of halogens is 1. The molecule has 4 nitrogen and oxygen atoms in total. The standard InChI is InChI=1S/C20H29BrO4/c1-2-15(21)18-11-16(22)19(25-18)12-20-17(24-20)9-6-10-23-13-14-7-4-3-5-8-14/h3-5,7-8,15-20,22H,2,6,9-13H2,1H3/t15-,16-,17-,18+,19-,20-/m1/s1. The fourth-order valence-corrected chi connectivity index (χ4v) is 3.83. The Labute approximate surface area is 159 Å². The van der Waals surface area contributed by atoms with Crippen molar-refractivity contribution < 1.29 is 19.3 Å². The molecule has 0 aromatic heterocycles. The van der Waals surface area contributed by atoms with Crippen LogP contribution in [0.3, 0.4) is 0 Å². The molecule has 0 spiro atoms. The van der Waals surface area contributed by atoms with Gasteiger partial charge in [-0.3, -0.25) is 0 Å². The Balaban J connectivity index is 1.26. The lowest BCUT2D eigenvalue weighted by molar-refractivity contribution is 0.00148. The van der Waals surface area contributed by atoms with Crippen LogP contribution in [0.1, 0.15) is 44.6 Å². The molecule has 2 heterocycles. The molecule has 0 bridgehead atoms. The first-order valence-electron chi connectivity index (χ1n) is 9.42. The molecule has 2 aliphatic rings. The second-order valence-corrected chi connectivity index (χ2v) is 8.25. The Bertz CT molecular complexity index is 512. The zero-order chi connectivity index (χ0) is 17.6. The Morgan fingerprint density at radius 3 is 2.76 bits per heavy atom. The zero-order valence-corrected chi connectivity index (χ0v) is 16.4. The van der Waals surface area contributed by atoms with E-state index < -0.39 is 0 Å². The molecule has 0 radical (unpaired) electrons. The fourth-order valence-electron chi connectivity index (χ4n) is 3.49. The molecular formula is C20H29BrO4. The van der Waals surface area contributed by atoms with Crippen molar-refractivity contribution in [1.29, 1.82) is 0 Å². The van der Waals surface area contributed by atoms with E-state index >= 15 is 0 Å². The molecule has 2 aliphatic heterocycles. The van der Waals surface area contributed by atoms with E-state index in [1.54, 1.807) is 0 Å². The van der Waals surface area contributed by atoms with Crippen LogP contribution in [0.5, 0.6) is 0 Å². The number of hydrogen-bond donors (Lipinski definition) is 1. The van der Waals surface area contributed by atoms with Crippen LogP contribution in [-0.2, 0) is 20.8 Å². The van der Waals surface area contributed by atoms with Gasteiger partial charge in [-0.1, -0.05) is 53.2 Å². The fraction of sp³-hybridized carbons (Fsp3) is 0.700. The summed E-state index contributed by atoms with van der Waals surface area (Å²) in [5.41, 5.74) is 1.21. The summed E-state index contributed by atoms with van der Waals surface area (Å²) in [5, 5.41) is 10.2. The predicted molar refractivity (Wildman–Crippen MR) is 101 cm³/mol. The third kappa shape index (κ3) is 5.76. The SMILES string of the molecule is CC[C@@H](Br)[C@@H]1C[C@@H](O)[C@@H](C[C@H]2O[C@@H]2CCCOCc2ccccc2)O1. The number of epoxide rings is 1. The third-order valence-electron chi connectivity index (χ3n) is 5.09. The number of alkyl halides is 1. The lowest BCUT2D eigenvalue weighted by Gasteiger charge is -2.16. The van der Waals surface area contributed by atoms with E-state index in [-0.39, 0.29) is 24.4 Å². The zero-order valence-electron chi connectivity index (χ0n) is 14.9. The molecule has 0 unspecified atom stereocenters. The molecule has 3 rings (SSSR count). The quantitative estimate of drug-likeness (QED) is 0.360. The molecule has 1 aromatic rings. The highest BCUT2D eigenvalue weighted by molar-refractivity contribution is 9.09. The van der Waals surface area contributed by atoms with Gasteiger partial charge in [0.05, 0.1) is 37.1 Å². The molecule has 6 atom stereocenters. The smallest absolute Gasteiger partial charge is 0.0867 e. The molecule has 5 heteroatoms. The highest BCUT2D eigenvalue weighted by Gasteiger charge is 2.45. The molecule has 0 amide bonds. The van der Waals surface area contributed by atoms with Crippen LogP contribution in [0.2, 0.25) is 0 Å². The van der Waals surface area contributed by atoms with Crippen LogP contribution in [0.25, 0.3) is 0 Å². The Kier molecular flexibility index (Phi) is 7.31. The third-order valence-corrected chi connectivity index (χ3v) is 6.32. The Hall–Kier alpha value is -0.460. The van der Waals surface area contributed by atoms with Gasteiger partial charge in [0.25, 0.3) is 0 Å². The molecular weight excluding hydrogens is 384 g/mol. The van der Waals surface area contributed by atoms with Crippen molar-refractivity contribution in [3.8, 4) is 0 Å². The number of aliphatic hydroxyl groups is 1. The molecule has 1 N–H and O–H groups in total. The van der Waals surface area contributed by atoms with Crippen molar-refractivity contribution in [2.24, 2.45) is 0 Å². The van der Waals surface area contributed by atoms with Gasteiger partial charge < -0.3 is 19.3 Å². The topological polar surface area (TPSA) is 51.2 Å². The van der Waals surface area contributed by atoms with Crippen molar-refractivity contribution >= 4 is 15.9 Å². The summed E-state index contributed by atoms with van der Waals surface area (Å²) in [5.74, 6) is 0. The molecule has 1 aromatic carbocycles. The number of benzene rings is 1. The summed E-state index contributed by atoms with van der Waals surface area (Å²) in [7, 11) is 0. The highest BCUT2D eigenvalue weighted by atomic mass is 79.9. The molecule has 0 saturated carbocycles. The van der Waals surface area contributed by atoms with Gasteiger partial charge in [-0.25, -0.2) is 0 Å². The van der Waals surface area contributed by atoms with Crippen molar-refractivity contribution in [1.82, 2.24) is 0 Å². The minimum atomic E-state index is -0.365. The van der Waals surface area contributed by atoms with Gasteiger partial charge >= 0.3 is 0 Å². The van der Waals surface area contributed by atoms with Crippen LogP contribution in [0.4, 0.5) is 0 Å². The minimum absolute atomic E-state index is 0.0825. The van der Waals surface area contributed by atoms with Gasteiger partial charge in [-0.15, -0.1) is 0 Å². The van der Waals surface area contributed by atoms with Gasteiger partial charge in [0.1, 0.15) is 0 Å². The molecule has 25 heavy (non-hydrogen) atoms. The molecule has 2 fully saturated rings. The second-order valence-electron chi connectivity index (χ2n) is 7.07. The largest absolute Gasteiger partial charge is 0.390 e. The molecule has 2 saturated heterocycles. The number of hydrogen-bond acceptors (Lipinski definition) is 4. The lowest BCUT2D eigenvalue weighted by atomic mass is 10.0. The number of rotatable bonds is 10. The summed E-state index contributed by atoms with van der Waals surface area (Å²) in [4.78, 5) is 0.324. The molecule has 140 valence electrons. The Morgan fingerprint density at radius 1 is 1.20 bits per heavy atom. The first-order chi connectivity index (χ1) is 12.2. The van der Waals surface area contributed by atoms with Gasteiger partial charge in [-0.05, 0) is 24.8 Å². The normalized spacial score (nSPS) is 32.7. The first kappa shape index (κ1) is 19.3. The highest BCUT2D eigenvalue weighted by Crippen LogP contribution is 2.36. The number of aliphatic hydroxyl groups excluding tert-OH is 1. The van der Waals surface area contributed by atoms with Crippen molar-refractivity contribution in [2.45, 2.75) is 81.0 Å². The summed E-state index contributed by atoms with van der Waals surface area (Å²) < 4.78 is 17.5. The van der Waals surface area contributed by atoms with Crippen LogP contribution >= 0.6 is 15.9 Å². The average molecular weight is 413 g/mol. The maximum Gasteiger partial charge on any atom is 0.0867 e. The van der Waals surface area contributed by atoms with Crippen LogP contribution in [-0.4, -0.2) is 47.1 Å². The van der Waals surface area contributed by atoms with E-state index in [9.17, 15) is 5.11 Å². The van der Waals surface area contributed by atoms with Crippen LogP contribution in [0, 0.1) is 0 Å². The summed E-state index contributed by atoms with van der Waals surface area (Å²) >= 11 is 3.64. The van der Waals surface area contributed by atoms with Crippen molar-refractivity contribution in [2.75, 3.05) is 6.61 Å². The van der Waals surface area contributed by atoms with E-state index in [0.29, 0.717) is 17.5 Å². The minimum Gasteiger partial charge on any atom is -0.390 e. The lowest BCUT2D eigenvalue weighted by Crippen LogP contribution is -2.24. The van der Waals surface area contributed by atoms with E-state index in [1.807, 2.05) is 18.2 Å². The van der Waals surface area contributed by atoms with Crippen LogP contribution < -0.4 is 0 Å². The maximum absolute atomic E-state index is 10.2. The van der Waals surface area contributed by atoms with E-state index in [0.717, 1.165) is 38.7 Å². The summed E-state index contributed by atoms with van der Waals surface area (Å²) in [6, 6.07) is 10.2. The van der Waals surface area contributed by atoms with Gasteiger partial charge in [-0.2, -0.15) is 0 Å². The van der Waals surface area contributed by atoms with Gasteiger partial charge in [0, 0.05) is 24.3 Å². The van der Waals surface area contributed by atoms with E-state index in [2.05, 4.69) is 35.0 Å². The second kappa shape index (κ2) is 9.47. The monoisotopic (exact) mass is 412 g/mol. The average Bonchev–Trinajstić information content (AvgIpc) is 3.27.